The predicted molar refractivity (Wildman–Crippen MR) is 74.6 cm³/mol. The van der Waals surface area contributed by atoms with Gasteiger partial charge in [-0.1, -0.05) is 47.1 Å². The third-order valence-corrected chi connectivity index (χ3v) is 3.94. The molecule has 0 saturated heterocycles. The van der Waals surface area contributed by atoms with Crippen molar-refractivity contribution in [3.63, 3.8) is 0 Å². The molecule has 2 nitrogen and oxygen atoms in total. The predicted octanol–water partition coefficient (Wildman–Crippen LogP) is 4.09. The molecule has 2 aromatic rings. The smallest absolute Gasteiger partial charge is 0.0639 e. The van der Waals surface area contributed by atoms with Crippen LogP contribution in [0.3, 0.4) is 0 Å². The lowest BCUT2D eigenvalue weighted by atomic mass is 10.2. The molecule has 88 valence electrons. The molecule has 0 bridgehead atoms. The van der Waals surface area contributed by atoms with Crippen LogP contribution in [-0.2, 0) is 0 Å². The Morgan fingerprint density at radius 1 is 1.12 bits per heavy atom. The second kappa shape index (κ2) is 5.45. The summed E-state index contributed by atoms with van der Waals surface area (Å²) in [7, 11) is 0. The molecular formula is C13H13ClN2S. The van der Waals surface area contributed by atoms with Gasteiger partial charge in [-0.3, -0.25) is 5.84 Å². The Bertz CT molecular complexity index is 511. The zero-order valence-corrected chi connectivity index (χ0v) is 11.0. The van der Waals surface area contributed by atoms with Crippen molar-refractivity contribution in [1.29, 1.82) is 0 Å². The summed E-state index contributed by atoms with van der Waals surface area (Å²) in [5, 5.41) is 0.700. The first-order valence-electron chi connectivity index (χ1n) is 5.20. The lowest BCUT2D eigenvalue weighted by Gasteiger charge is -2.10. The minimum absolute atomic E-state index is 0.700. The highest BCUT2D eigenvalue weighted by Gasteiger charge is 2.07. The largest absolute Gasteiger partial charge is 0.323 e. The maximum atomic E-state index is 6.17. The van der Waals surface area contributed by atoms with Crippen molar-refractivity contribution >= 4 is 29.1 Å². The van der Waals surface area contributed by atoms with Gasteiger partial charge >= 0.3 is 0 Å². The van der Waals surface area contributed by atoms with Gasteiger partial charge < -0.3 is 5.43 Å². The van der Waals surface area contributed by atoms with Gasteiger partial charge in [-0.2, -0.15) is 0 Å². The molecule has 0 radical (unpaired) electrons. The minimum atomic E-state index is 0.700. The van der Waals surface area contributed by atoms with Crippen LogP contribution < -0.4 is 11.3 Å². The van der Waals surface area contributed by atoms with Gasteiger partial charge in [0.1, 0.15) is 0 Å². The van der Waals surface area contributed by atoms with Crippen LogP contribution in [0.2, 0.25) is 5.02 Å². The fourth-order valence-electron chi connectivity index (χ4n) is 1.45. The molecule has 0 fully saturated rings. The Balaban J connectivity index is 2.32. The van der Waals surface area contributed by atoms with Gasteiger partial charge in [-0.15, -0.1) is 0 Å². The van der Waals surface area contributed by atoms with Gasteiger partial charge in [0.05, 0.1) is 15.6 Å². The number of nitrogens with one attached hydrogen (secondary N) is 1. The first kappa shape index (κ1) is 12.3. The highest BCUT2D eigenvalue weighted by Crippen LogP contribution is 2.38. The van der Waals surface area contributed by atoms with Crippen LogP contribution in [0.4, 0.5) is 5.69 Å². The summed E-state index contributed by atoms with van der Waals surface area (Å²) in [5.41, 5.74) is 4.74. The van der Waals surface area contributed by atoms with Crippen molar-refractivity contribution < 1.29 is 0 Å². The van der Waals surface area contributed by atoms with Crippen LogP contribution in [0.5, 0.6) is 0 Å². The molecule has 17 heavy (non-hydrogen) atoms. The number of halogens is 1. The minimum Gasteiger partial charge on any atom is -0.323 e. The summed E-state index contributed by atoms with van der Waals surface area (Å²) >= 11 is 7.77. The Morgan fingerprint density at radius 2 is 1.82 bits per heavy atom. The molecule has 2 aromatic carbocycles. The van der Waals surface area contributed by atoms with E-state index in [-0.39, 0.29) is 0 Å². The Morgan fingerprint density at radius 3 is 2.47 bits per heavy atom. The van der Waals surface area contributed by atoms with Crippen LogP contribution in [0.1, 0.15) is 5.56 Å². The van der Waals surface area contributed by atoms with Crippen molar-refractivity contribution in [1.82, 2.24) is 0 Å². The number of aryl methyl sites for hydroxylation is 1. The molecule has 0 atom stereocenters. The standard InChI is InChI=1S/C13H13ClN2S/c1-9-5-7-10(8-6-9)17-13-11(14)3-2-4-12(13)16-15/h2-8,16H,15H2,1H3. The average molecular weight is 265 g/mol. The van der Waals surface area contributed by atoms with Gasteiger partial charge in [-0.05, 0) is 31.2 Å². The van der Waals surface area contributed by atoms with Gasteiger partial charge in [0.2, 0.25) is 0 Å². The monoisotopic (exact) mass is 264 g/mol. The summed E-state index contributed by atoms with van der Waals surface area (Å²) in [6.45, 7) is 2.07. The number of hydrogen-bond donors (Lipinski definition) is 2. The molecule has 3 N–H and O–H groups in total. The van der Waals surface area contributed by atoms with Crippen molar-refractivity contribution in [2.75, 3.05) is 5.43 Å². The first-order valence-corrected chi connectivity index (χ1v) is 6.40. The molecule has 0 aromatic heterocycles. The molecular weight excluding hydrogens is 252 g/mol. The molecule has 0 aliphatic rings. The number of hydrazine groups is 1. The van der Waals surface area contributed by atoms with Crippen LogP contribution in [0.25, 0.3) is 0 Å². The van der Waals surface area contributed by atoms with Crippen molar-refractivity contribution in [3.8, 4) is 0 Å². The van der Waals surface area contributed by atoms with E-state index in [4.69, 9.17) is 17.4 Å². The second-order valence-electron chi connectivity index (χ2n) is 3.68. The summed E-state index contributed by atoms with van der Waals surface area (Å²) in [5.74, 6) is 5.48. The van der Waals surface area contributed by atoms with Crippen LogP contribution in [-0.4, -0.2) is 0 Å². The maximum Gasteiger partial charge on any atom is 0.0639 e. The van der Waals surface area contributed by atoms with Gasteiger partial charge in [0.15, 0.2) is 0 Å². The highest BCUT2D eigenvalue weighted by molar-refractivity contribution is 7.99. The number of benzene rings is 2. The van der Waals surface area contributed by atoms with E-state index >= 15 is 0 Å². The van der Waals surface area contributed by atoms with Gasteiger partial charge in [-0.25, -0.2) is 0 Å². The second-order valence-corrected chi connectivity index (χ2v) is 5.17. The Hall–Kier alpha value is -1.16. The average Bonchev–Trinajstić information content (AvgIpc) is 2.34. The van der Waals surface area contributed by atoms with E-state index in [1.807, 2.05) is 18.2 Å². The third-order valence-electron chi connectivity index (χ3n) is 2.36. The summed E-state index contributed by atoms with van der Waals surface area (Å²) in [6, 6.07) is 13.9. The Kier molecular flexibility index (Phi) is 3.94. The molecule has 0 unspecified atom stereocenters. The number of hydrogen-bond acceptors (Lipinski definition) is 3. The number of nitrogens with two attached hydrogens (primary N) is 1. The normalized spacial score (nSPS) is 10.3. The number of rotatable bonds is 3. The van der Waals surface area contributed by atoms with Gasteiger partial charge in [0.25, 0.3) is 0 Å². The summed E-state index contributed by atoms with van der Waals surface area (Å²) < 4.78 is 0. The molecule has 0 heterocycles. The van der Waals surface area contributed by atoms with Crippen molar-refractivity contribution in [2.24, 2.45) is 5.84 Å². The molecule has 2 rings (SSSR count). The molecule has 0 spiro atoms. The number of anilines is 1. The van der Waals surface area contributed by atoms with E-state index in [0.717, 1.165) is 15.5 Å². The van der Waals surface area contributed by atoms with Crippen LogP contribution in [0.15, 0.2) is 52.3 Å². The van der Waals surface area contributed by atoms with Crippen LogP contribution >= 0.6 is 23.4 Å². The van der Waals surface area contributed by atoms with E-state index in [9.17, 15) is 0 Å². The first-order chi connectivity index (χ1) is 8.20. The van der Waals surface area contributed by atoms with Gasteiger partial charge in [0, 0.05) is 4.90 Å². The van der Waals surface area contributed by atoms with E-state index < -0.39 is 0 Å². The zero-order valence-electron chi connectivity index (χ0n) is 9.41. The lowest BCUT2D eigenvalue weighted by Crippen LogP contribution is -2.07. The van der Waals surface area contributed by atoms with Crippen LogP contribution in [0, 0.1) is 6.92 Å². The zero-order chi connectivity index (χ0) is 12.3. The molecule has 0 aliphatic carbocycles. The maximum absolute atomic E-state index is 6.17. The quantitative estimate of drug-likeness (QED) is 0.648. The van der Waals surface area contributed by atoms with E-state index in [2.05, 4.69) is 36.6 Å². The Labute approximate surface area is 110 Å². The molecule has 0 saturated carbocycles. The SMILES string of the molecule is Cc1ccc(Sc2c(Cl)cccc2NN)cc1. The molecule has 0 aliphatic heterocycles. The fraction of sp³-hybridized carbons (Fsp3) is 0.0769. The third kappa shape index (κ3) is 2.94. The van der Waals surface area contributed by atoms with E-state index in [0.29, 0.717) is 5.02 Å². The van der Waals surface area contributed by atoms with Crippen molar-refractivity contribution in [2.45, 2.75) is 16.7 Å². The highest BCUT2D eigenvalue weighted by atomic mass is 35.5. The summed E-state index contributed by atoms with van der Waals surface area (Å²) in [6.07, 6.45) is 0. The lowest BCUT2D eigenvalue weighted by molar-refractivity contribution is 1.28. The summed E-state index contributed by atoms with van der Waals surface area (Å²) in [4.78, 5) is 2.08. The van der Waals surface area contributed by atoms with E-state index in [1.165, 1.54) is 5.56 Å². The topological polar surface area (TPSA) is 38.0 Å². The number of nitrogen functional groups attached to an aromatic ring is 1. The fourth-order valence-corrected chi connectivity index (χ4v) is 2.65. The van der Waals surface area contributed by atoms with E-state index in [1.54, 1.807) is 11.8 Å². The van der Waals surface area contributed by atoms with Crippen molar-refractivity contribution in [3.05, 3.63) is 53.1 Å². The molecule has 0 amide bonds. The molecule has 4 heteroatoms.